The maximum atomic E-state index is 12.6. The standard InChI is InChI=1S/C16H25F3O3Si/c1-20-23(21-2,22-3)12-7-5-4-6-9-14-10-8-11-15(13-14)16(17,18)19/h8,10-11,13H,4-7,9,12H2,1-3H3. The highest BCUT2D eigenvalue weighted by molar-refractivity contribution is 6.60. The van der Waals surface area contributed by atoms with Crippen molar-refractivity contribution in [2.24, 2.45) is 0 Å². The monoisotopic (exact) mass is 350 g/mol. The fraction of sp³-hybridized carbons (Fsp3) is 0.625. The van der Waals surface area contributed by atoms with Gasteiger partial charge in [-0.15, -0.1) is 0 Å². The predicted octanol–water partition coefficient (Wildman–Crippen LogP) is 4.69. The summed E-state index contributed by atoms with van der Waals surface area (Å²) in [5, 5.41) is 0. The maximum absolute atomic E-state index is 12.6. The van der Waals surface area contributed by atoms with Gasteiger partial charge in [0.15, 0.2) is 0 Å². The van der Waals surface area contributed by atoms with Crippen molar-refractivity contribution in [2.75, 3.05) is 21.3 Å². The van der Waals surface area contributed by atoms with E-state index in [9.17, 15) is 13.2 Å². The topological polar surface area (TPSA) is 27.7 Å². The molecule has 0 N–H and O–H groups in total. The average molecular weight is 350 g/mol. The Morgan fingerprint density at radius 1 is 0.913 bits per heavy atom. The molecule has 1 aromatic rings. The molecule has 0 saturated carbocycles. The average Bonchev–Trinajstić information content (AvgIpc) is 2.54. The van der Waals surface area contributed by atoms with Gasteiger partial charge < -0.3 is 13.3 Å². The van der Waals surface area contributed by atoms with Gasteiger partial charge in [0.25, 0.3) is 0 Å². The first kappa shape index (κ1) is 20.2. The highest BCUT2D eigenvalue weighted by Crippen LogP contribution is 2.29. The molecule has 0 aliphatic heterocycles. The minimum Gasteiger partial charge on any atom is -0.377 e. The Labute approximate surface area is 137 Å². The molecule has 0 heterocycles. The Bertz CT molecular complexity index is 454. The van der Waals surface area contributed by atoms with Crippen LogP contribution >= 0.6 is 0 Å². The number of rotatable bonds is 10. The molecule has 3 nitrogen and oxygen atoms in total. The molecular formula is C16H25F3O3Si. The SMILES string of the molecule is CO[Si](CCCCCCc1cccc(C(F)(F)F)c1)(OC)OC. The van der Waals surface area contributed by atoms with Crippen LogP contribution < -0.4 is 0 Å². The molecule has 0 spiro atoms. The van der Waals surface area contributed by atoms with E-state index < -0.39 is 20.5 Å². The lowest BCUT2D eigenvalue weighted by Gasteiger charge is -2.24. The van der Waals surface area contributed by atoms with Crippen molar-refractivity contribution in [3.05, 3.63) is 35.4 Å². The first-order valence-electron chi connectivity index (χ1n) is 7.68. The maximum Gasteiger partial charge on any atom is 0.500 e. The zero-order chi connectivity index (χ0) is 17.3. The van der Waals surface area contributed by atoms with Crippen LogP contribution in [-0.4, -0.2) is 30.1 Å². The molecule has 132 valence electrons. The third-order valence-electron chi connectivity index (χ3n) is 3.89. The van der Waals surface area contributed by atoms with Crippen molar-refractivity contribution >= 4 is 8.80 Å². The second-order valence-electron chi connectivity index (χ2n) is 5.41. The molecule has 0 bridgehead atoms. The van der Waals surface area contributed by atoms with Crippen LogP contribution in [0.3, 0.4) is 0 Å². The van der Waals surface area contributed by atoms with Gasteiger partial charge in [0.2, 0.25) is 0 Å². The smallest absolute Gasteiger partial charge is 0.377 e. The fourth-order valence-electron chi connectivity index (χ4n) is 2.48. The minimum absolute atomic E-state index is 0.578. The van der Waals surface area contributed by atoms with Gasteiger partial charge in [0.1, 0.15) is 0 Å². The van der Waals surface area contributed by atoms with Crippen LogP contribution in [0.1, 0.15) is 36.8 Å². The molecule has 1 aromatic carbocycles. The van der Waals surface area contributed by atoms with Gasteiger partial charge in [-0.3, -0.25) is 0 Å². The van der Waals surface area contributed by atoms with Crippen molar-refractivity contribution in [1.29, 1.82) is 0 Å². The van der Waals surface area contributed by atoms with E-state index in [1.807, 2.05) is 0 Å². The fourth-order valence-corrected chi connectivity index (χ4v) is 4.28. The highest BCUT2D eigenvalue weighted by atomic mass is 28.4. The lowest BCUT2D eigenvalue weighted by atomic mass is 10.0. The van der Waals surface area contributed by atoms with Crippen LogP contribution in [0, 0.1) is 0 Å². The second-order valence-corrected chi connectivity index (χ2v) is 8.50. The van der Waals surface area contributed by atoms with Gasteiger partial charge in [-0.1, -0.05) is 31.0 Å². The molecule has 7 heteroatoms. The van der Waals surface area contributed by atoms with E-state index in [2.05, 4.69) is 0 Å². The number of aryl methyl sites for hydroxylation is 1. The van der Waals surface area contributed by atoms with Gasteiger partial charge >= 0.3 is 15.0 Å². The number of hydrogen-bond donors (Lipinski definition) is 0. The van der Waals surface area contributed by atoms with Gasteiger partial charge in [-0.25, -0.2) is 0 Å². The van der Waals surface area contributed by atoms with Crippen molar-refractivity contribution in [2.45, 2.75) is 44.3 Å². The largest absolute Gasteiger partial charge is 0.500 e. The molecule has 0 aliphatic rings. The zero-order valence-electron chi connectivity index (χ0n) is 13.9. The molecule has 1 rings (SSSR count). The molecule has 0 fully saturated rings. The van der Waals surface area contributed by atoms with Crippen molar-refractivity contribution < 1.29 is 26.4 Å². The van der Waals surface area contributed by atoms with E-state index in [0.29, 0.717) is 6.42 Å². The van der Waals surface area contributed by atoms with E-state index in [1.165, 1.54) is 12.1 Å². The summed E-state index contributed by atoms with van der Waals surface area (Å²) < 4.78 is 53.9. The summed E-state index contributed by atoms with van der Waals surface area (Å²) in [4.78, 5) is 0. The summed E-state index contributed by atoms with van der Waals surface area (Å²) in [7, 11) is 2.28. The summed E-state index contributed by atoms with van der Waals surface area (Å²) in [6.45, 7) is 0. The number of benzene rings is 1. The molecule has 0 aromatic heterocycles. The Balaban J connectivity index is 2.31. The summed E-state index contributed by atoms with van der Waals surface area (Å²) in [5.74, 6) is 0. The third kappa shape index (κ3) is 6.62. The predicted molar refractivity (Wildman–Crippen MR) is 85.2 cm³/mol. The van der Waals surface area contributed by atoms with Crippen LogP contribution in [0.5, 0.6) is 0 Å². The number of hydrogen-bond acceptors (Lipinski definition) is 3. The zero-order valence-corrected chi connectivity index (χ0v) is 14.9. The Morgan fingerprint density at radius 2 is 1.52 bits per heavy atom. The van der Waals surface area contributed by atoms with Crippen LogP contribution in [0.15, 0.2) is 24.3 Å². The molecule has 0 aliphatic carbocycles. The van der Waals surface area contributed by atoms with Crippen LogP contribution in [0.2, 0.25) is 6.04 Å². The van der Waals surface area contributed by atoms with E-state index in [0.717, 1.165) is 43.4 Å². The first-order chi connectivity index (χ1) is 10.9. The summed E-state index contributed by atoms with van der Waals surface area (Å²) in [6, 6.07) is 6.30. The second kappa shape index (κ2) is 9.41. The van der Waals surface area contributed by atoms with E-state index in [-0.39, 0.29) is 0 Å². The molecule has 0 radical (unpaired) electrons. The van der Waals surface area contributed by atoms with Gasteiger partial charge in [-0.05, 0) is 30.9 Å². The van der Waals surface area contributed by atoms with Gasteiger partial charge in [-0.2, -0.15) is 13.2 Å². The van der Waals surface area contributed by atoms with Crippen LogP contribution in [-0.2, 0) is 25.9 Å². The molecule has 0 unspecified atom stereocenters. The van der Waals surface area contributed by atoms with Crippen LogP contribution in [0.4, 0.5) is 13.2 Å². The molecule has 0 saturated heterocycles. The lowest BCUT2D eigenvalue weighted by Crippen LogP contribution is -2.42. The summed E-state index contributed by atoms with van der Waals surface area (Å²) in [6.07, 6.45) is 0.102. The quantitative estimate of drug-likeness (QED) is 0.453. The molecular weight excluding hydrogens is 325 g/mol. The van der Waals surface area contributed by atoms with E-state index >= 15 is 0 Å². The Hall–Kier alpha value is -0.893. The third-order valence-corrected chi connectivity index (χ3v) is 6.72. The number of unbranched alkanes of at least 4 members (excludes halogenated alkanes) is 3. The molecule has 0 amide bonds. The normalized spacial score (nSPS) is 12.6. The van der Waals surface area contributed by atoms with Crippen molar-refractivity contribution in [3.8, 4) is 0 Å². The number of halogens is 3. The Kier molecular flexibility index (Phi) is 8.25. The van der Waals surface area contributed by atoms with Gasteiger partial charge in [0.05, 0.1) is 5.56 Å². The first-order valence-corrected chi connectivity index (χ1v) is 9.61. The highest BCUT2D eigenvalue weighted by Gasteiger charge is 2.36. The van der Waals surface area contributed by atoms with Crippen LogP contribution in [0.25, 0.3) is 0 Å². The Morgan fingerprint density at radius 3 is 2.09 bits per heavy atom. The lowest BCUT2D eigenvalue weighted by molar-refractivity contribution is -0.137. The van der Waals surface area contributed by atoms with E-state index in [4.69, 9.17) is 13.3 Å². The summed E-state index contributed by atoms with van der Waals surface area (Å²) in [5.41, 5.74) is 0.153. The summed E-state index contributed by atoms with van der Waals surface area (Å²) >= 11 is 0. The number of alkyl halides is 3. The molecule has 23 heavy (non-hydrogen) atoms. The van der Waals surface area contributed by atoms with E-state index in [1.54, 1.807) is 27.4 Å². The minimum atomic E-state index is -4.27. The van der Waals surface area contributed by atoms with Gasteiger partial charge in [0, 0.05) is 27.4 Å². The van der Waals surface area contributed by atoms with Crippen molar-refractivity contribution in [3.63, 3.8) is 0 Å². The molecule has 0 atom stereocenters. The van der Waals surface area contributed by atoms with Crippen molar-refractivity contribution in [1.82, 2.24) is 0 Å².